The second kappa shape index (κ2) is 10.9. The summed E-state index contributed by atoms with van der Waals surface area (Å²) in [5, 5.41) is 5.58. The molecule has 1 aliphatic rings. The van der Waals surface area contributed by atoms with Crippen molar-refractivity contribution in [2.45, 2.75) is 13.3 Å². The number of fused-ring (bicyclic) bond motifs is 1. The Morgan fingerprint density at radius 2 is 2.21 bits per heavy atom. The van der Waals surface area contributed by atoms with E-state index < -0.39 is 0 Å². The molecule has 1 aliphatic heterocycles. The summed E-state index contributed by atoms with van der Waals surface area (Å²) < 4.78 is 5.52. The van der Waals surface area contributed by atoms with E-state index in [1.165, 1.54) is 17.7 Å². The average molecular weight is 464 g/mol. The molecule has 1 amide bonds. The van der Waals surface area contributed by atoms with Gasteiger partial charge < -0.3 is 15.0 Å². The minimum Gasteiger partial charge on any atom is -0.378 e. The van der Waals surface area contributed by atoms with Crippen LogP contribution < -0.4 is 10.2 Å². The molecular formula is C23H25N7O2S. The summed E-state index contributed by atoms with van der Waals surface area (Å²) >= 11 is 1.42. The number of ether oxygens (including phenoxy) is 1. The summed E-state index contributed by atoms with van der Waals surface area (Å²) in [5.41, 5.74) is 2.02. The Bertz CT molecular complexity index is 1180. The molecule has 0 saturated carbocycles. The molecule has 3 aromatic heterocycles. The van der Waals surface area contributed by atoms with E-state index in [0.717, 1.165) is 21.7 Å². The first kappa shape index (κ1) is 22.7. The molecule has 33 heavy (non-hydrogen) atoms. The summed E-state index contributed by atoms with van der Waals surface area (Å²) in [5.74, 6) is 1.04. The molecule has 0 unspecified atom stereocenters. The first-order valence-corrected chi connectivity index (χ1v) is 11.5. The molecule has 1 saturated heterocycles. The Balaban J connectivity index is 1.67. The third-order valence-corrected chi connectivity index (χ3v) is 6.00. The second-order valence-corrected chi connectivity index (χ2v) is 8.10. The van der Waals surface area contributed by atoms with E-state index in [9.17, 15) is 4.79 Å². The topological polar surface area (TPSA) is 105 Å². The number of allylic oxidation sites excluding steroid dienone is 3. The Hall–Kier alpha value is -3.50. The van der Waals surface area contributed by atoms with E-state index in [4.69, 9.17) is 14.7 Å². The van der Waals surface area contributed by atoms with Crippen molar-refractivity contribution in [2.24, 2.45) is 4.99 Å². The van der Waals surface area contributed by atoms with Crippen LogP contribution in [0.15, 0.2) is 47.2 Å². The highest BCUT2D eigenvalue weighted by atomic mass is 32.1. The van der Waals surface area contributed by atoms with Gasteiger partial charge in [0.1, 0.15) is 22.7 Å². The van der Waals surface area contributed by atoms with Crippen molar-refractivity contribution in [3.05, 3.63) is 59.3 Å². The van der Waals surface area contributed by atoms with Crippen LogP contribution in [0.2, 0.25) is 0 Å². The number of aromatic nitrogens is 4. The normalized spacial score (nSPS) is 14.7. The third kappa shape index (κ3) is 5.29. The molecular weight excluding hydrogens is 438 g/mol. The van der Waals surface area contributed by atoms with Gasteiger partial charge in [0.15, 0.2) is 5.82 Å². The van der Waals surface area contributed by atoms with Crippen LogP contribution in [-0.2, 0) is 11.2 Å². The van der Waals surface area contributed by atoms with E-state index in [2.05, 4.69) is 31.9 Å². The molecule has 9 nitrogen and oxygen atoms in total. The Kier molecular flexibility index (Phi) is 7.48. The second-order valence-electron chi connectivity index (χ2n) is 7.24. The van der Waals surface area contributed by atoms with E-state index in [1.807, 2.05) is 36.6 Å². The summed E-state index contributed by atoms with van der Waals surface area (Å²) in [6.45, 7) is 8.64. The van der Waals surface area contributed by atoms with Crippen molar-refractivity contribution in [2.75, 3.05) is 37.7 Å². The molecule has 3 aromatic rings. The fourth-order valence-corrected chi connectivity index (χ4v) is 4.37. The summed E-state index contributed by atoms with van der Waals surface area (Å²) in [6.07, 6.45) is 9.42. The quantitative estimate of drug-likeness (QED) is 0.404. The maximum Gasteiger partial charge on any atom is 0.252 e. The van der Waals surface area contributed by atoms with Crippen molar-refractivity contribution < 1.29 is 9.53 Å². The number of thiophene rings is 1. The van der Waals surface area contributed by atoms with E-state index >= 15 is 0 Å². The molecule has 0 bridgehead atoms. The molecule has 10 heteroatoms. The van der Waals surface area contributed by atoms with Crippen molar-refractivity contribution in [1.29, 1.82) is 0 Å². The van der Waals surface area contributed by atoms with Crippen LogP contribution in [0.5, 0.6) is 0 Å². The predicted molar refractivity (Wildman–Crippen MR) is 131 cm³/mol. The molecule has 4 rings (SSSR count). The molecule has 170 valence electrons. The lowest BCUT2D eigenvalue weighted by Gasteiger charge is -2.28. The number of morpholine rings is 1. The van der Waals surface area contributed by atoms with Crippen LogP contribution in [0, 0.1) is 0 Å². The maximum absolute atomic E-state index is 13.1. The molecule has 0 spiro atoms. The predicted octanol–water partition coefficient (Wildman–Crippen LogP) is 2.91. The lowest BCUT2D eigenvalue weighted by molar-refractivity contribution is 0.0956. The number of carbonyl (C=O) groups excluding carboxylic acids is 1. The summed E-state index contributed by atoms with van der Waals surface area (Å²) in [4.78, 5) is 37.7. The number of nitrogens with zero attached hydrogens (tertiary/aromatic N) is 6. The average Bonchev–Trinajstić information content (AvgIpc) is 3.29. The van der Waals surface area contributed by atoms with Crippen LogP contribution in [0.3, 0.4) is 0 Å². The van der Waals surface area contributed by atoms with Crippen LogP contribution >= 0.6 is 11.3 Å². The lowest BCUT2D eigenvalue weighted by atomic mass is 10.2. The number of hydrogen-bond acceptors (Lipinski definition) is 9. The zero-order chi connectivity index (χ0) is 23.0. The van der Waals surface area contributed by atoms with Crippen LogP contribution in [-0.4, -0.2) is 65.4 Å². The van der Waals surface area contributed by atoms with Gasteiger partial charge in [0.2, 0.25) is 0 Å². The number of rotatable bonds is 8. The van der Waals surface area contributed by atoms with Crippen molar-refractivity contribution in [1.82, 2.24) is 25.3 Å². The Labute approximate surface area is 196 Å². The van der Waals surface area contributed by atoms with Gasteiger partial charge in [-0.25, -0.2) is 19.9 Å². The first-order chi connectivity index (χ1) is 16.2. The summed E-state index contributed by atoms with van der Waals surface area (Å²) in [6, 6.07) is 1.84. The highest BCUT2D eigenvalue weighted by Crippen LogP contribution is 2.34. The van der Waals surface area contributed by atoms with Gasteiger partial charge in [-0.2, -0.15) is 0 Å². The summed E-state index contributed by atoms with van der Waals surface area (Å²) in [7, 11) is 0. The molecule has 0 aromatic carbocycles. The highest BCUT2D eigenvalue weighted by Gasteiger charge is 2.24. The third-order valence-electron chi connectivity index (χ3n) is 5.13. The van der Waals surface area contributed by atoms with Crippen molar-refractivity contribution in [3.8, 4) is 0 Å². The Morgan fingerprint density at radius 1 is 1.36 bits per heavy atom. The first-order valence-electron chi connectivity index (χ1n) is 10.7. The molecule has 4 heterocycles. The van der Waals surface area contributed by atoms with Crippen LogP contribution in [0.1, 0.15) is 28.8 Å². The van der Waals surface area contributed by atoms with Crippen LogP contribution in [0.25, 0.3) is 15.9 Å². The van der Waals surface area contributed by atoms with E-state index in [1.54, 1.807) is 6.20 Å². The number of hydrogen-bond donors (Lipinski definition) is 1. The number of nitrogens with one attached hydrogen (secondary N) is 1. The maximum atomic E-state index is 13.1. The van der Waals surface area contributed by atoms with Gasteiger partial charge in [-0.1, -0.05) is 12.2 Å². The van der Waals surface area contributed by atoms with Gasteiger partial charge >= 0.3 is 0 Å². The SMILES string of the molecule is C=N/C(=C\C=C/C)c1nc(N2CCOCC2)c2c(C(=O)NCCc3ccncn3)csc2n1. The minimum atomic E-state index is -0.160. The number of carbonyl (C=O) groups is 1. The Morgan fingerprint density at radius 3 is 2.94 bits per heavy atom. The minimum absolute atomic E-state index is 0.160. The van der Waals surface area contributed by atoms with Crippen molar-refractivity contribution in [3.63, 3.8) is 0 Å². The lowest BCUT2D eigenvalue weighted by Crippen LogP contribution is -2.37. The molecule has 0 aliphatic carbocycles. The highest BCUT2D eigenvalue weighted by molar-refractivity contribution is 7.17. The smallest absolute Gasteiger partial charge is 0.252 e. The molecule has 1 fully saturated rings. The van der Waals surface area contributed by atoms with Gasteiger partial charge in [-0.05, 0) is 25.8 Å². The fraction of sp³-hybridized carbons (Fsp3) is 0.304. The van der Waals surface area contributed by atoms with Gasteiger partial charge in [0.25, 0.3) is 5.91 Å². The monoisotopic (exact) mass is 463 g/mol. The van der Waals surface area contributed by atoms with Gasteiger partial charge in [-0.15, -0.1) is 11.3 Å². The molecule has 1 N–H and O–H groups in total. The number of aliphatic imine (C=N–C) groups is 1. The molecule has 0 atom stereocenters. The molecule has 0 radical (unpaired) electrons. The standard InChI is InChI=1S/C23H25N7O2S/c1-3-4-5-18(24-2)20-28-21(30-10-12-32-13-11-30)19-17(14-33-23(19)29-20)22(31)26-9-7-16-6-8-25-15-27-16/h3-6,8,14-15H,2,7,9-13H2,1H3,(H,26,31)/b4-3-,18-5-. The zero-order valence-electron chi connectivity index (χ0n) is 18.4. The van der Waals surface area contributed by atoms with Gasteiger partial charge in [-0.3, -0.25) is 9.79 Å². The van der Waals surface area contributed by atoms with E-state index in [-0.39, 0.29) is 5.91 Å². The fourth-order valence-electron chi connectivity index (χ4n) is 3.46. The van der Waals surface area contributed by atoms with E-state index in [0.29, 0.717) is 56.4 Å². The zero-order valence-corrected chi connectivity index (χ0v) is 19.2. The van der Waals surface area contributed by atoms with Gasteiger partial charge in [0.05, 0.1) is 24.2 Å². The van der Waals surface area contributed by atoms with Crippen LogP contribution in [0.4, 0.5) is 5.82 Å². The van der Waals surface area contributed by atoms with Gasteiger partial charge in [0, 0.05) is 43.3 Å². The van der Waals surface area contributed by atoms with Crippen molar-refractivity contribution >= 4 is 45.7 Å². The number of anilines is 1. The largest absolute Gasteiger partial charge is 0.378 e. The number of amides is 1.